The monoisotopic (exact) mass is 254 g/mol. The van der Waals surface area contributed by atoms with Gasteiger partial charge in [-0.05, 0) is 24.1 Å². The van der Waals surface area contributed by atoms with Crippen molar-refractivity contribution in [2.24, 2.45) is 0 Å². The van der Waals surface area contributed by atoms with Crippen LogP contribution in [0.2, 0.25) is 0 Å². The third-order valence-electron chi connectivity index (χ3n) is 3.60. The highest BCUT2D eigenvalue weighted by Crippen LogP contribution is 2.35. The first-order valence-corrected chi connectivity index (χ1v) is 6.03. The van der Waals surface area contributed by atoms with Crippen molar-refractivity contribution in [1.29, 1.82) is 0 Å². The average Bonchev–Trinajstić information content (AvgIpc) is 2.67. The first kappa shape index (κ1) is 11.8. The molecule has 0 unspecified atom stereocenters. The summed E-state index contributed by atoms with van der Waals surface area (Å²) in [5, 5.41) is 0. The second-order valence-electron chi connectivity index (χ2n) is 4.66. The lowest BCUT2D eigenvalue weighted by atomic mass is 9.90. The molecule has 0 fully saturated rings. The number of halogens is 1. The van der Waals surface area contributed by atoms with Gasteiger partial charge in [0.1, 0.15) is 11.7 Å². The van der Waals surface area contributed by atoms with E-state index in [9.17, 15) is 14.0 Å². The molecule has 2 nitrogen and oxygen atoms in total. The van der Waals surface area contributed by atoms with Crippen LogP contribution in [0.1, 0.15) is 37.8 Å². The normalized spacial score (nSPS) is 14.8. The van der Waals surface area contributed by atoms with Gasteiger partial charge >= 0.3 is 0 Å². The zero-order chi connectivity index (χ0) is 13.6. The molecule has 0 spiro atoms. The molecule has 3 rings (SSSR count). The number of carbonyl (C=O) groups excluding carboxylic acids is 2. The van der Waals surface area contributed by atoms with Gasteiger partial charge in [0.25, 0.3) is 0 Å². The third-order valence-corrected chi connectivity index (χ3v) is 3.60. The van der Waals surface area contributed by atoms with E-state index in [0.717, 1.165) is 0 Å². The van der Waals surface area contributed by atoms with Crippen LogP contribution in [0.3, 0.4) is 0 Å². The number of Topliss-reactive ketones (excluding diaryl/α,β-unsaturated/α-hetero) is 2. The molecule has 3 heteroatoms. The maximum Gasteiger partial charge on any atom is 0.178 e. The minimum atomic E-state index is -0.895. The fourth-order valence-corrected chi connectivity index (χ4v) is 2.56. The molecule has 0 amide bonds. The number of fused-ring (bicyclic) bond motifs is 1. The number of ketones is 2. The highest BCUT2D eigenvalue weighted by Gasteiger charge is 2.40. The van der Waals surface area contributed by atoms with Crippen molar-refractivity contribution in [3.63, 3.8) is 0 Å². The van der Waals surface area contributed by atoms with Gasteiger partial charge in [0, 0.05) is 11.1 Å². The maximum absolute atomic E-state index is 13.6. The second-order valence-corrected chi connectivity index (χ2v) is 4.66. The van der Waals surface area contributed by atoms with Crippen LogP contribution in [0.25, 0.3) is 0 Å². The van der Waals surface area contributed by atoms with Crippen LogP contribution in [0, 0.1) is 12.7 Å². The number of hydrogen-bond acceptors (Lipinski definition) is 2. The van der Waals surface area contributed by atoms with E-state index in [0.29, 0.717) is 22.3 Å². The standard InChI is InChI=1S/C16H11FO2/c1-9-10(7-4-8-13(9)17)14-15(18)11-5-2-3-6-12(11)16(14)19/h2-8,14H,1H3. The molecular weight excluding hydrogens is 243 g/mol. The van der Waals surface area contributed by atoms with Crippen LogP contribution < -0.4 is 0 Å². The Labute approximate surface area is 109 Å². The predicted molar refractivity (Wildman–Crippen MR) is 69.0 cm³/mol. The molecule has 0 aliphatic heterocycles. The average molecular weight is 254 g/mol. The molecule has 1 aliphatic rings. The van der Waals surface area contributed by atoms with E-state index in [1.54, 1.807) is 37.3 Å². The Morgan fingerprint density at radius 3 is 2.05 bits per heavy atom. The molecule has 0 bridgehead atoms. The summed E-state index contributed by atoms with van der Waals surface area (Å²) in [5.74, 6) is -1.77. The van der Waals surface area contributed by atoms with Gasteiger partial charge in [0.05, 0.1) is 0 Å². The first-order valence-electron chi connectivity index (χ1n) is 6.03. The van der Waals surface area contributed by atoms with E-state index in [2.05, 4.69) is 0 Å². The van der Waals surface area contributed by atoms with Crippen molar-refractivity contribution in [1.82, 2.24) is 0 Å². The van der Waals surface area contributed by atoms with Gasteiger partial charge in [-0.15, -0.1) is 0 Å². The van der Waals surface area contributed by atoms with Crippen molar-refractivity contribution >= 4 is 11.6 Å². The van der Waals surface area contributed by atoms with Crippen LogP contribution in [0.15, 0.2) is 42.5 Å². The second kappa shape index (κ2) is 4.12. The van der Waals surface area contributed by atoms with Crippen molar-refractivity contribution < 1.29 is 14.0 Å². The fourth-order valence-electron chi connectivity index (χ4n) is 2.56. The fraction of sp³-hybridized carbons (Fsp3) is 0.125. The van der Waals surface area contributed by atoms with Crippen molar-refractivity contribution in [3.8, 4) is 0 Å². The van der Waals surface area contributed by atoms with Crippen LogP contribution in [-0.2, 0) is 0 Å². The summed E-state index contributed by atoms with van der Waals surface area (Å²) in [7, 11) is 0. The van der Waals surface area contributed by atoms with Gasteiger partial charge < -0.3 is 0 Å². The summed E-state index contributed by atoms with van der Waals surface area (Å²) in [6, 6.07) is 11.2. The van der Waals surface area contributed by atoms with E-state index in [1.165, 1.54) is 12.1 Å². The Morgan fingerprint density at radius 2 is 1.47 bits per heavy atom. The Hall–Kier alpha value is -2.29. The summed E-state index contributed by atoms with van der Waals surface area (Å²) in [5.41, 5.74) is 1.69. The molecule has 94 valence electrons. The summed E-state index contributed by atoms with van der Waals surface area (Å²) in [6.45, 7) is 1.59. The topological polar surface area (TPSA) is 34.1 Å². The minimum Gasteiger partial charge on any atom is -0.293 e. The summed E-state index contributed by atoms with van der Waals surface area (Å²) in [6.07, 6.45) is 0. The lowest BCUT2D eigenvalue weighted by Gasteiger charge is -2.11. The molecule has 2 aromatic carbocycles. The molecule has 1 aliphatic carbocycles. The highest BCUT2D eigenvalue weighted by atomic mass is 19.1. The quantitative estimate of drug-likeness (QED) is 0.732. The summed E-state index contributed by atoms with van der Waals surface area (Å²) in [4.78, 5) is 24.7. The number of benzene rings is 2. The minimum absolute atomic E-state index is 0.241. The molecule has 0 saturated carbocycles. The lowest BCUT2D eigenvalue weighted by molar-refractivity contribution is 0.0889. The molecule has 19 heavy (non-hydrogen) atoms. The Bertz CT molecular complexity index is 669. The van der Waals surface area contributed by atoms with Crippen molar-refractivity contribution in [2.75, 3.05) is 0 Å². The molecule has 0 radical (unpaired) electrons. The van der Waals surface area contributed by atoms with Crippen LogP contribution in [-0.4, -0.2) is 11.6 Å². The van der Waals surface area contributed by atoms with Gasteiger partial charge in [-0.25, -0.2) is 4.39 Å². The van der Waals surface area contributed by atoms with E-state index < -0.39 is 11.7 Å². The van der Waals surface area contributed by atoms with Gasteiger partial charge in [0.15, 0.2) is 11.6 Å². The van der Waals surface area contributed by atoms with Gasteiger partial charge in [-0.2, -0.15) is 0 Å². The summed E-state index contributed by atoms with van der Waals surface area (Å²) < 4.78 is 13.6. The summed E-state index contributed by atoms with van der Waals surface area (Å²) >= 11 is 0. The van der Waals surface area contributed by atoms with Crippen LogP contribution >= 0.6 is 0 Å². The van der Waals surface area contributed by atoms with Gasteiger partial charge in [-0.1, -0.05) is 36.4 Å². The molecule has 0 N–H and O–H groups in total. The molecule has 0 heterocycles. The number of rotatable bonds is 1. The molecule has 0 atom stereocenters. The zero-order valence-corrected chi connectivity index (χ0v) is 10.3. The van der Waals surface area contributed by atoms with Gasteiger partial charge in [0.2, 0.25) is 0 Å². The Morgan fingerprint density at radius 1 is 0.895 bits per heavy atom. The maximum atomic E-state index is 13.6. The zero-order valence-electron chi connectivity index (χ0n) is 10.3. The lowest BCUT2D eigenvalue weighted by Crippen LogP contribution is -2.14. The van der Waals surface area contributed by atoms with E-state index in [1.807, 2.05) is 0 Å². The Balaban J connectivity index is 2.17. The first-order chi connectivity index (χ1) is 9.11. The largest absolute Gasteiger partial charge is 0.293 e. The molecule has 0 saturated heterocycles. The molecule has 2 aromatic rings. The SMILES string of the molecule is Cc1c(F)cccc1C1C(=O)c2ccccc2C1=O. The smallest absolute Gasteiger partial charge is 0.178 e. The van der Waals surface area contributed by atoms with E-state index in [-0.39, 0.29) is 11.6 Å². The highest BCUT2D eigenvalue weighted by molar-refractivity contribution is 6.29. The van der Waals surface area contributed by atoms with Crippen LogP contribution in [0.5, 0.6) is 0 Å². The van der Waals surface area contributed by atoms with Crippen molar-refractivity contribution in [2.45, 2.75) is 12.8 Å². The number of hydrogen-bond donors (Lipinski definition) is 0. The third kappa shape index (κ3) is 1.62. The van der Waals surface area contributed by atoms with Crippen molar-refractivity contribution in [3.05, 3.63) is 70.5 Å². The molecular formula is C16H11FO2. The molecule has 0 aromatic heterocycles. The van der Waals surface area contributed by atoms with Crippen LogP contribution in [0.4, 0.5) is 4.39 Å². The predicted octanol–water partition coefficient (Wildman–Crippen LogP) is 3.30. The van der Waals surface area contributed by atoms with E-state index >= 15 is 0 Å². The van der Waals surface area contributed by atoms with E-state index in [4.69, 9.17) is 0 Å². The Kier molecular flexibility index (Phi) is 2.56. The van der Waals surface area contributed by atoms with Gasteiger partial charge in [-0.3, -0.25) is 9.59 Å². The number of carbonyl (C=O) groups is 2.